The molecule has 0 radical (unpaired) electrons. The van der Waals surface area contributed by atoms with E-state index >= 15 is 0 Å². The van der Waals surface area contributed by atoms with E-state index in [1.54, 1.807) is 30.3 Å². The van der Waals surface area contributed by atoms with Gasteiger partial charge in [-0.25, -0.2) is 4.39 Å². The summed E-state index contributed by atoms with van der Waals surface area (Å²) in [5, 5.41) is 2.96. The third-order valence-electron chi connectivity index (χ3n) is 2.86. The van der Waals surface area contributed by atoms with Gasteiger partial charge in [0.15, 0.2) is 11.5 Å². The van der Waals surface area contributed by atoms with Crippen molar-refractivity contribution in [3.63, 3.8) is 0 Å². The number of ether oxygens (including phenoxy) is 2. The Hall–Kier alpha value is -2.43. The second-order valence-corrected chi connectivity index (χ2v) is 4.19. The molecule has 0 aromatic heterocycles. The van der Waals surface area contributed by atoms with Crippen LogP contribution in [0.3, 0.4) is 0 Å². The molecule has 0 atom stereocenters. The highest BCUT2D eigenvalue weighted by molar-refractivity contribution is 5.74. The number of nitrogens with one attached hydrogen (secondary N) is 1. The molecule has 0 aliphatic carbocycles. The second kappa shape index (κ2) is 4.68. The van der Waals surface area contributed by atoms with Crippen molar-refractivity contribution < 1.29 is 13.9 Å². The van der Waals surface area contributed by atoms with Crippen LogP contribution in [0, 0.1) is 5.82 Å². The van der Waals surface area contributed by atoms with Crippen molar-refractivity contribution in [2.24, 2.45) is 0 Å². The van der Waals surface area contributed by atoms with Crippen molar-refractivity contribution in [1.82, 2.24) is 0 Å². The summed E-state index contributed by atoms with van der Waals surface area (Å²) in [7, 11) is 0. The number of fused-ring (bicyclic) bond motifs is 1. The number of benzene rings is 2. The number of nitrogen functional groups attached to an aromatic ring is 1. The van der Waals surface area contributed by atoms with E-state index in [2.05, 4.69) is 5.32 Å². The van der Waals surface area contributed by atoms with E-state index in [0.29, 0.717) is 36.1 Å². The van der Waals surface area contributed by atoms with Gasteiger partial charge in [-0.05, 0) is 24.3 Å². The van der Waals surface area contributed by atoms with Gasteiger partial charge in [0.1, 0.15) is 19.0 Å². The lowest BCUT2D eigenvalue weighted by atomic mass is 10.2. The van der Waals surface area contributed by atoms with Crippen molar-refractivity contribution in [3.8, 4) is 11.5 Å². The highest BCUT2D eigenvalue weighted by Crippen LogP contribution is 2.34. The van der Waals surface area contributed by atoms with Crippen LogP contribution in [0.5, 0.6) is 11.5 Å². The molecular formula is C14H13FN2O2. The Bertz CT molecular complexity index is 596. The predicted molar refractivity (Wildman–Crippen MR) is 71.5 cm³/mol. The number of halogens is 1. The third-order valence-corrected chi connectivity index (χ3v) is 2.86. The summed E-state index contributed by atoms with van der Waals surface area (Å²) in [6.07, 6.45) is 0. The third kappa shape index (κ3) is 2.27. The molecule has 0 unspecified atom stereocenters. The molecule has 1 heterocycles. The Morgan fingerprint density at radius 3 is 2.63 bits per heavy atom. The highest BCUT2D eigenvalue weighted by Gasteiger charge is 2.13. The molecule has 3 rings (SSSR count). The smallest absolute Gasteiger partial charge is 0.163 e. The first-order valence-corrected chi connectivity index (χ1v) is 5.95. The van der Waals surface area contributed by atoms with Crippen LogP contribution in [0.1, 0.15) is 0 Å². The molecule has 3 N–H and O–H groups in total. The molecule has 0 bridgehead atoms. The molecule has 0 amide bonds. The minimum atomic E-state index is -0.394. The molecule has 0 fully saturated rings. The van der Waals surface area contributed by atoms with Crippen LogP contribution in [0.4, 0.5) is 21.5 Å². The van der Waals surface area contributed by atoms with Crippen LogP contribution in [0.15, 0.2) is 36.4 Å². The molecule has 2 aromatic carbocycles. The van der Waals surface area contributed by atoms with Crippen molar-refractivity contribution in [2.45, 2.75) is 0 Å². The van der Waals surface area contributed by atoms with Crippen LogP contribution in [-0.4, -0.2) is 13.2 Å². The van der Waals surface area contributed by atoms with Gasteiger partial charge in [-0.15, -0.1) is 0 Å². The molecule has 98 valence electrons. The maximum Gasteiger partial charge on any atom is 0.163 e. The number of hydrogen-bond donors (Lipinski definition) is 2. The van der Waals surface area contributed by atoms with E-state index in [1.807, 2.05) is 0 Å². The Labute approximate surface area is 109 Å². The first kappa shape index (κ1) is 11.6. The summed E-state index contributed by atoms with van der Waals surface area (Å²) in [6.45, 7) is 1.05. The molecule has 0 saturated carbocycles. The van der Waals surface area contributed by atoms with Gasteiger partial charge in [-0.1, -0.05) is 6.07 Å². The van der Waals surface area contributed by atoms with E-state index in [-0.39, 0.29) is 5.69 Å². The lowest BCUT2D eigenvalue weighted by Gasteiger charge is -2.19. The lowest BCUT2D eigenvalue weighted by Crippen LogP contribution is -2.15. The first-order chi connectivity index (χ1) is 9.24. The van der Waals surface area contributed by atoms with Crippen molar-refractivity contribution in [3.05, 3.63) is 42.2 Å². The minimum absolute atomic E-state index is 0.263. The Kier molecular flexibility index (Phi) is 2.87. The summed E-state index contributed by atoms with van der Waals surface area (Å²) < 4.78 is 24.6. The van der Waals surface area contributed by atoms with Crippen LogP contribution in [0.25, 0.3) is 0 Å². The summed E-state index contributed by atoms with van der Waals surface area (Å²) in [5.41, 5.74) is 7.06. The topological polar surface area (TPSA) is 56.5 Å². The van der Waals surface area contributed by atoms with Gasteiger partial charge >= 0.3 is 0 Å². The molecule has 19 heavy (non-hydrogen) atoms. The molecule has 1 aliphatic heterocycles. The molecule has 2 aromatic rings. The van der Waals surface area contributed by atoms with Gasteiger partial charge in [0.25, 0.3) is 0 Å². The standard InChI is InChI=1S/C14H13FN2O2/c15-10-2-1-3-11(16)14(10)17-9-4-5-12-13(8-9)19-7-6-18-12/h1-5,8,17H,6-7,16H2. The highest BCUT2D eigenvalue weighted by atomic mass is 19.1. The number of rotatable bonds is 2. The predicted octanol–water partition coefficient (Wildman–Crippen LogP) is 2.92. The van der Waals surface area contributed by atoms with Gasteiger partial charge in [0.2, 0.25) is 0 Å². The average Bonchev–Trinajstić information content (AvgIpc) is 2.43. The second-order valence-electron chi connectivity index (χ2n) is 4.19. The van der Waals surface area contributed by atoms with Gasteiger partial charge in [0, 0.05) is 11.8 Å². The summed E-state index contributed by atoms with van der Waals surface area (Å²) in [4.78, 5) is 0. The number of anilines is 3. The number of nitrogens with two attached hydrogens (primary N) is 1. The van der Waals surface area contributed by atoms with Crippen LogP contribution < -0.4 is 20.5 Å². The summed E-state index contributed by atoms with van der Waals surface area (Å²) >= 11 is 0. The van der Waals surface area contributed by atoms with Gasteiger partial charge < -0.3 is 20.5 Å². The first-order valence-electron chi connectivity index (χ1n) is 5.95. The van der Waals surface area contributed by atoms with E-state index in [4.69, 9.17) is 15.2 Å². The van der Waals surface area contributed by atoms with E-state index in [0.717, 1.165) is 0 Å². The molecule has 0 saturated heterocycles. The van der Waals surface area contributed by atoms with Crippen molar-refractivity contribution >= 4 is 17.1 Å². The Balaban J connectivity index is 1.91. The zero-order valence-corrected chi connectivity index (χ0v) is 10.2. The number of para-hydroxylation sites is 1. The average molecular weight is 260 g/mol. The summed E-state index contributed by atoms with van der Waals surface area (Å²) in [5.74, 6) is 0.944. The van der Waals surface area contributed by atoms with E-state index < -0.39 is 5.82 Å². The molecule has 0 spiro atoms. The lowest BCUT2D eigenvalue weighted by molar-refractivity contribution is 0.171. The number of hydrogen-bond acceptors (Lipinski definition) is 4. The van der Waals surface area contributed by atoms with Gasteiger partial charge in [0.05, 0.1) is 11.4 Å². The molecule has 1 aliphatic rings. The minimum Gasteiger partial charge on any atom is -0.486 e. The van der Waals surface area contributed by atoms with Gasteiger partial charge in [-0.3, -0.25) is 0 Å². The monoisotopic (exact) mass is 260 g/mol. The normalized spacial score (nSPS) is 13.1. The fourth-order valence-corrected chi connectivity index (χ4v) is 1.94. The van der Waals surface area contributed by atoms with E-state index in [9.17, 15) is 4.39 Å². The fourth-order valence-electron chi connectivity index (χ4n) is 1.94. The Morgan fingerprint density at radius 2 is 1.84 bits per heavy atom. The zero-order valence-electron chi connectivity index (χ0n) is 10.2. The fraction of sp³-hybridized carbons (Fsp3) is 0.143. The van der Waals surface area contributed by atoms with Crippen molar-refractivity contribution in [1.29, 1.82) is 0 Å². The SMILES string of the molecule is Nc1cccc(F)c1Nc1ccc2c(c1)OCCO2. The summed E-state index contributed by atoms with van der Waals surface area (Å²) in [6, 6.07) is 9.91. The van der Waals surface area contributed by atoms with Crippen LogP contribution in [0.2, 0.25) is 0 Å². The molecule has 4 nitrogen and oxygen atoms in total. The largest absolute Gasteiger partial charge is 0.486 e. The van der Waals surface area contributed by atoms with E-state index in [1.165, 1.54) is 6.07 Å². The van der Waals surface area contributed by atoms with Crippen LogP contribution >= 0.6 is 0 Å². The zero-order chi connectivity index (χ0) is 13.2. The Morgan fingerprint density at radius 1 is 1.05 bits per heavy atom. The quantitative estimate of drug-likeness (QED) is 0.815. The molecular weight excluding hydrogens is 247 g/mol. The maximum atomic E-state index is 13.7. The molecule has 5 heteroatoms. The maximum absolute atomic E-state index is 13.7. The van der Waals surface area contributed by atoms with Crippen molar-refractivity contribution in [2.75, 3.05) is 24.3 Å². The van der Waals surface area contributed by atoms with Gasteiger partial charge in [-0.2, -0.15) is 0 Å². The van der Waals surface area contributed by atoms with Crippen LogP contribution in [-0.2, 0) is 0 Å².